The van der Waals surface area contributed by atoms with Crippen molar-refractivity contribution in [3.63, 3.8) is 0 Å². The molecule has 60 heavy (non-hydrogen) atoms. The largest absolute Gasteiger partial charge is 0.457 e. The summed E-state index contributed by atoms with van der Waals surface area (Å²) >= 11 is 0. The first-order chi connectivity index (χ1) is 27.9. The Hall–Kier alpha value is -3.60. The summed E-state index contributed by atoms with van der Waals surface area (Å²) in [7, 11) is 0. The van der Waals surface area contributed by atoms with E-state index < -0.39 is 90.2 Å². The molecule has 0 spiro atoms. The van der Waals surface area contributed by atoms with E-state index in [1.165, 1.54) is 0 Å². The van der Waals surface area contributed by atoms with Gasteiger partial charge in [0.15, 0.2) is 19.8 Å². The quantitative estimate of drug-likeness (QED) is 0.0731. The second kappa shape index (κ2) is 25.4. The van der Waals surface area contributed by atoms with Crippen molar-refractivity contribution in [1.82, 2.24) is 0 Å². The fourth-order valence-electron chi connectivity index (χ4n) is 7.44. The number of rotatable bonds is 18. The van der Waals surface area contributed by atoms with E-state index in [1.54, 1.807) is 0 Å². The van der Waals surface area contributed by atoms with E-state index in [2.05, 4.69) is 21.1 Å². The van der Waals surface area contributed by atoms with Crippen molar-refractivity contribution in [1.29, 1.82) is 0 Å². The van der Waals surface area contributed by atoms with Gasteiger partial charge < -0.3 is 28.4 Å². The van der Waals surface area contributed by atoms with Crippen LogP contribution >= 0.6 is 0 Å². The molecule has 3 aliphatic carbocycles. The Morgan fingerprint density at radius 2 is 0.717 bits per heavy atom. The molecule has 3 saturated carbocycles. The zero-order valence-corrected chi connectivity index (χ0v) is 36.1. The molecule has 0 bridgehead atoms. The number of carbonyl (C=O) groups is 6. The van der Waals surface area contributed by atoms with E-state index >= 15 is 0 Å². The van der Waals surface area contributed by atoms with E-state index in [-0.39, 0.29) is 0 Å². The molecule has 0 aromatic carbocycles. The fraction of sp³-hybridized carbons (Fsp3) is 0.857. The van der Waals surface area contributed by atoms with Gasteiger partial charge in [-0.2, -0.15) is 26.3 Å². The highest BCUT2D eigenvalue weighted by molar-refractivity contribution is 5.82. The normalized spacial score (nSPS) is 18.4. The number of halogens is 6. The van der Waals surface area contributed by atoms with Gasteiger partial charge in [0.25, 0.3) is 0 Å². The molecule has 0 unspecified atom stereocenters. The maximum Gasteiger partial charge on any atom is 0.377 e. The number of carbonyl (C=O) groups excluding carboxylic acids is 6. The molecular formula is C42H66F6O12. The predicted molar refractivity (Wildman–Crippen MR) is 205 cm³/mol. The molecule has 12 nitrogen and oxygen atoms in total. The van der Waals surface area contributed by atoms with Crippen LogP contribution in [0.25, 0.3) is 0 Å². The molecular weight excluding hydrogens is 810 g/mol. The van der Waals surface area contributed by atoms with E-state index in [9.17, 15) is 55.1 Å². The van der Waals surface area contributed by atoms with Crippen LogP contribution in [-0.4, -0.2) is 90.2 Å². The lowest BCUT2D eigenvalue weighted by Gasteiger charge is -2.36. The number of hydrogen-bond donors (Lipinski definition) is 0. The Morgan fingerprint density at radius 1 is 0.433 bits per heavy atom. The van der Waals surface area contributed by atoms with Crippen molar-refractivity contribution < 1.29 is 83.5 Å². The summed E-state index contributed by atoms with van der Waals surface area (Å²) in [5, 5.41) is 0. The molecule has 3 aliphatic rings. The second-order valence-corrected chi connectivity index (χ2v) is 16.3. The van der Waals surface area contributed by atoms with E-state index in [0.717, 1.165) is 128 Å². The van der Waals surface area contributed by atoms with Crippen LogP contribution < -0.4 is 0 Å². The molecule has 0 aromatic heterocycles. The van der Waals surface area contributed by atoms with Crippen molar-refractivity contribution in [3.8, 4) is 0 Å². The molecule has 348 valence electrons. The minimum absolute atomic E-state index is 0.426. The third-order valence-electron chi connectivity index (χ3n) is 10.7. The van der Waals surface area contributed by atoms with Crippen molar-refractivity contribution in [2.75, 3.05) is 19.8 Å². The van der Waals surface area contributed by atoms with Gasteiger partial charge in [0.1, 0.15) is 16.8 Å². The lowest BCUT2D eigenvalue weighted by Crippen LogP contribution is -2.39. The average molecular weight is 877 g/mol. The van der Waals surface area contributed by atoms with Crippen LogP contribution in [0, 0.1) is 0 Å². The molecule has 3 rings (SSSR count). The predicted octanol–water partition coefficient (Wildman–Crippen LogP) is 9.69. The van der Waals surface area contributed by atoms with Crippen LogP contribution in [0.15, 0.2) is 0 Å². The first-order valence-electron chi connectivity index (χ1n) is 21.2. The van der Waals surface area contributed by atoms with Crippen LogP contribution in [0.5, 0.6) is 0 Å². The smallest absolute Gasteiger partial charge is 0.377 e. The third kappa shape index (κ3) is 20.8. The first-order valence-corrected chi connectivity index (χ1v) is 21.2. The summed E-state index contributed by atoms with van der Waals surface area (Å²) in [6, 6.07) is 0. The maximum atomic E-state index is 12.6. The zero-order valence-electron chi connectivity index (χ0n) is 36.1. The highest BCUT2D eigenvalue weighted by Gasteiger charge is 2.40. The zero-order chi connectivity index (χ0) is 45.7. The SMILES string of the molecule is CCC1(OC(=O)COC(=O)C(C)(F)F)CCCCC1.CCCC1(OC(=O)COC(=O)C(C)(F)F)CCCCC1.CCCCC1(OC(=O)COC(=O)C(C)(F)F)CCCCC1. The average Bonchev–Trinajstić information content (AvgIpc) is 3.17. The maximum absolute atomic E-state index is 12.6. The summed E-state index contributed by atoms with van der Waals surface area (Å²) in [6.45, 7) is 5.00. The van der Waals surface area contributed by atoms with E-state index in [1.807, 2.05) is 13.8 Å². The fourth-order valence-corrected chi connectivity index (χ4v) is 7.44. The Bertz CT molecular complexity index is 1350. The van der Waals surface area contributed by atoms with Gasteiger partial charge in [-0.25, -0.2) is 28.8 Å². The van der Waals surface area contributed by atoms with Crippen molar-refractivity contribution in [2.45, 2.75) is 211 Å². The molecule has 0 aliphatic heterocycles. The van der Waals surface area contributed by atoms with Gasteiger partial charge in [-0.15, -0.1) is 0 Å². The Labute approximate surface area is 349 Å². The number of ether oxygens (including phenoxy) is 6. The molecule has 0 amide bonds. The number of alkyl halides is 6. The molecule has 0 atom stereocenters. The van der Waals surface area contributed by atoms with Gasteiger partial charge in [0, 0.05) is 20.8 Å². The van der Waals surface area contributed by atoms with Crippen molar-refractivity contribution in [2.24, 2.45) is 0 Å². The molecule has 0 aromatic rings. The number of hydrogen-bond acceptors (Lipinski definition) is 12. The summed E-state index contributed by atoms with van der Waals surface area (Å²) in [5.74, 6) is -18.2. The van der Waals surface area contributed by atoms with Crippen molar-refractivity contribution in [3.05, 3.63) is 0 Å². The Balaban J connectivity index is 0.000000451. The van der Waals surface area contributed by atoms with Gasteiger partial charge in [-0.05, 0) is 103 Å². The number of unbranched alkanes of at least 4 members (excludes halogenated alkanes) is 1. The lowest BCUT2D eigenvalue weighted by molar-refractivity contribution is -0.183. The van der Waals surface area contributed by atoms with Crippen LogP contribution in [-0.2, 0) is 57.2 Å². The molecule has 0 radical (unpaired) electrons. The summed E-state index contributed by atoms with van der Waals surface area (Å²) in [4.78, 5) is 67.7. The van der Waals surface area contributed by atoms with Gasteiger partial charge in [-0.3, -0.25) is 0 Å². The van der Waals surface area contributed by atoms with Gasteiger partial charge in [-0.1, -0.05) is 52.9 Å². The summed E-state index contributed by atoms with van der Waals surface area (Å²) in [6.07, 6.45) is 18.9. The standard InChI is InChI=1S/C15H24F2O4.C14H22F2O4.C13H20F2O4/c1-3-4-8-15(9-6-5-7-10-15)21-12(18)11-20-13(19)14(2,16)17;1-3-7-14(8-5-4-6-9-14)20-11(17)10-19-12(18)13(2,15)16;1-3-13(7-5-4-6-8-13)19-10(16)9-18-11(17)12(2,14)15/h3-11H2,1-2H3;3-10H2,1-2H3;3-9H2,1-2H3. The topological polar surface area (TPSA) is 158 Å². The van der Waals surface area contributed by atoms with Gasteiger partial charge >= 0.3 is 53.6 Å². The summed E-state index contributed by atoms with van der Waals surface area (Å²) < 4.78 is 105. The molecule has 18 heteroatoms. The van der Waals surface area contributed by atoms with Gasteiger partial charge in [0.05, 0.1) is 0 Å². The first kappa shape index (κ1) is 54.4. The van der Waals surface area contributed by atoms with Crippen LogP contribution in [0.3, 0.4) is 0 Å². The molecule has 3 fully saturated rings. The van der Waals surface area contributed by atoms with E-state index in [4.69, 9.17) is 14.2 Å². The summed E-state index contributed by atoms with van der Waals surface area (Å²) in [5.41, 5.74) is -1.53. The molecule has 0 N–H and O–H groups in total. The van der Waals surface area contributed by atoms with Gasteiger partial charge in [0.2, 0.25) is 0 Å². The highest BCUT2D eigenvalue weighted by Crippen LogP contribution is 2.37. The van der Waals surface area contributed by atoms with Crippen LogP contribution in [0.4, 0.5) is 26.3 Å². The molecule has 0 saturated heterocycles. The number of esters is 6. The second-order valence-electron chi connectivity index (χ2n) is 16.3. The van der Waals surface area contributed by atoms with E-state index in [0.29, 0.717) is 27.2 Å². The minimum Gasteiger partial charge on any atom is -0.457 e. The minimum atomic E-state index is -3.59. The highest BCUT2D eigenvalue weighted by atomic mass is 19.3. The molecule has 0 heterocycles. The third-order valence-corrected chi connectivity index (χ3v) is 10.7. The Kier molecular flexibility index (Phi) is 23.0. The monoisotopic (exact) mass is 876 g/mol. The van der Waals surface area contributed by atoms with Crippen molar-refractivity contribution >= 4 is 35.8 Å². The van der Waals surface area contributed by atoms with Crippen LogP contribution in [0.1, 0.15) is 176 Å². The Morgan fingerprint density at radius 3 is 0.983 bits per heavy atom. The van der Waals surface area contributed by atoms with Crippen LogP contribution in [0.2, 0.25) is 0 Å². The lowest BCUT2D eigenvalue weighted by atomic mass is 9.81.